The molecule has 0 amide bonds. The van der Waals surface area contributed by atoms with Gasteiger partial charge in [0.05, 0.1) is 5.39 Å². The molecule has 0 saturated carbocycles. The highest BCUT2D eigenvalue weighted by molar-refractivity contribution is 9.10. The summed E-state index contributed by atoms with van der Waals surface area (Å²) in [6, 6.07) is 9.87. The van der Waals surface area contributed by atoms with Crippen molar-refractivity contribution in [3.63, 3.8) is 0 Å². The average Bonchev–Trinajstić information content (AvgIpc) is 2.79. The van der Waals surface area contributed by atoms with E-state index in [-0.39, 0.29) is 5.82 Å². The van der Waals surface area contributed by atoms with Gasteiger partial charge in [-0.05, 0) is 24.6 Å². The van der Waals surface area contributed by atoms with E-state index in [0.29, 0.717) is 11.2 Å². The zero-order valence-corrected chi connectivity index (χ0v) is 12.2. The summed E-state index contributed by atoms with van der Waals surface area (Å²) in [5.74, 6) is 0.199. The van der Waals surface area contributed by atoms with Crippen molar-refractivity contribution >= 4 is 32.8 Å². The fraction of sp³-hybridized carbons (Fsp3) is 0.0714. The van der Waals surface area contributed by atoms with Crippen LogP contribution in [-0.4, -0.2) is 15.2 Å². The van der Waals surface area contributed by atoms with Gasteiger partial charge in [-0.2, -0.15) is 10.4 Å². The van der Waals surface area contributed by atoms with Crippen molar-refractivity contribution in [2.75, 3.05) is 5.73 Å². The van der Waals surface area contributed by atoms with E-state index >= 15 is 0 Å². The summed E-state index contributed by atoms with van der Waals surface area (Å²) in [5.41, 5.74) is 9.33. The third-order valence-electron chi connectivity index (χ3n) is 3.16. The number of fused-ring (bicyclic) bond motifs is 1. The van der Waals surface area contributed by atoms with Gasteiger partial charge in [0, 0.05) is 15.7 Å². The Morgan fingerprint density at radius 1 is 1.30 bits per heavy atom. The zero-order chi connectivity index (χ0) is 14.3. The summed E-state index contributed by atoms with van der Waals surface area (Å²) < 4.78 is 0.974. The Labute approximate surface area is 123 Å². The summed E-state index contributed by atoms with van der Waals surface area (Å²) in [5, 5.41) is 17.2. The van der Waals surface area contributed by atoms with Gasteiger partial charge in [0.15, 0.2) is 5.65 Å². The van der Waals surface area contributed by atoms with Crippen molar-refractivity contribution in [3.8, 4) is 17.2 Å². The number of aromatic nitrogens is 3. The van der Waals surface area contributed by atoms with Gasteiger partial charge in [-0.25, -0.2) is 4.98 Å². The molecular weight excluding hydrogens is 318 g/mol. The Bertz CT molecular complexity index is 843. The maximum atomic E-state index is 9.39. The van der Waals surface area contributed by atoms with Crippen LogP contribution < -0.4 is 5.73 Å². The molecule has 1 aromatic carbocycles. The van der Waals surface area contributed by atoms with Crippen LogP contribution in [0.2, 0.25) is 0 Å². The van der Waals surface area contributed by atoms with Crippen molar-refractivity contribution < 1.29 is 0 Å². The molecule has 0 aliphatic rings. The molecule has 20 heavy (non-hydrogen) atoms. The SMILES string of the molecule is Cc1[nH]nc2nc(N)c(C#N)c(-c3ccc(Br)cc3)c12. The molecule has 0 aliphatic carbocycles. The normalized spacial score (nSPS) is 10.7. The minimum absolute atomic E-state index is 0.199. The van der Waals surface area contributed by atoms with Crippen molar-refractivity contribution in [2.24, 2.45) is 0 Å². The molecule has 0 unspecified atom stereocenters. The van der Waals surface area contributed by atoms with E-state index in [2.05, 4.69) is 37.2 Å². The Kier molecular flexibility index (Phi) is 2.92. The van der Waals surface area contributed by atoms with E-state index in [0.717, 1.165) is 26.7 Å². The van der Waals surface area contributed by atoms with Gasteiger partial charge >= 0.3 is 0 Å². The van der Waals surface area contributed by atoms with E-state index in [1.807, 2.05) is 31.2 Å². The van der Waals surface area contributed by atoms with Crippen LogP contribution in [0.4, 0.5) is 5.82 Å². The van der Waals surface area contributed by atoms with Crippen LogP contribution in [0.15, 0.2) is 28.7 Å². The number of hydrogen-bond donors (Lipinski definition) is 2. The molecule has 3 N–H and O–H groups in total. The summed E-state index contributed by atoms with van der Waals surface area (Å²) in [4.78, 5) is 4.17. The summed E-state index contributed by atoms with van der Waals surface area (Å²) in [6.07, 6.45) is 0. The van der Waals surface area contributed by atoms with Gasteiger partial charge in [0.1, 0.15) is 17.5 Å². The Hall–Kier alpha value is -2.39. The second-order valence-electron chi connectivity index (χ2n) is 4.41. The molecule has 3 aromatic rings. The fourth-order valence-electron chi connectivity index (χ4n) is 2.24. The predicted octanol–water partition coefficient (Wildman–Crippen LogP) is 3.15. The standard InChI is InChI=1S/C14H10BrN5/c1-7-11-12(8-2-4-9(15)5-3-8)10(6-16)13(17)18-14(11)20-19-7/h2-5H,1H3,(H3,17,18,19,20). The molecule has 0 radical (unpaired) electrons. The highest BCUT2D eigenvalue weighted by atomic mass is 79.9. The van der Waals surface area contributed by atoms with E-state index in [1.165, 1.54) is 0 Å². The molecule has 0 saturated heterocycles. The first-order valence-electron chi connectivity index (χ1n) is 5.92. The lowest BCUT2D eigenvalue weighted by molar-refractivity contribution is 1.06. The second kappa shape index (κ2) is 4.62. The number of nitrogens with two attached hydrogens (primary N) is 1. The molecule has 2 heterocycles. The number of benzene rings is 1. The van der Waals surface area contributed by atoms with Gasteiger partial charge in [0.25, 0.3) is 0 Å². The molecule has 3 rings (SSSR count). The van der Waals surface area contributed by atoms with Crippen LogP contribution in [0.1, 0.15) is 11.3 Å². The largest absolute Gasteiger partial charge is 0.383 e. The lowest BCUT2D eigenvalue weighted by atomic mass is 9.97. The first-order chi connectivity index (χ1) is 9.61. The van der Waals surface area contributed by atoms with Crippen LogP contribution in [0.25, 0.3) is 22.2 Å². The summed E-state index contributed by atoms with van der Waals surface area (Å²) in [7, 11) is 0. The zero-order valence-electron chi connectivity index (χ0n) is 10.6. The number of nitrogens with one attached hydrogen (secondary N) is 1. The van der Waals surface area contributed by atoms with Crippen molar-refractivity contribution in [2.45, 2.75) is 6.92 Å². The molecule has 2 aromatic heterocycles. The molecule has 0 fully saturated rings. The van der Waals surface area contributed by atoms with E-state index < -0.39 is 0 Å². The van der Waals surface area contributed by atoms with Gasteiger partial charge < -0.3 is 5.73 Å². The maximum absolute atomic E-state index is 9.39. The molecular formula is C14H10BrN5. The first-order valence-corrected chi connectivity index (χ1v) is 6.71. The van der Waals surface area contributed by atoms with Gasteiger partial charge in [-0.3, -0.25) is 5.10 Å². The molecule has 5 nitrogen and oxygen atoms in total. The Balaban J connectivity index is 2.46. The summed E-state index contributed by atoms with van der Waals surface area (Å²) >= 11 is 3.40. The highest BCUT2D eigenvalue weighted by Gasteiger charge is 2.18. The number of nitrogen functional groups attached to an aromatic ring is 1. The van der Waals surface area contributed by atoms with Crippen LogP contribution in [0.5, 0.6) is 0 Å². The minimum atomic E-state index is 0.199. The number of hydrogen-bond acceptors (Lipinski definition) is 4. The first kappa shape index (κ1) is 12.6. The lowest BCUT2D eigenvalue weighted by Crippen LogP contribution is -1.99. The number of rotatable bonds is 1. The minimum Gasteiger partial charge on any atom is -0.383 e. The molecule has 0 bridgehead atoms. The number of aromatic amines is 1. The van der Waals surface area contributed by atoms with Crippen LogP contribution in [0, 0.1) is 18.3 Å². The van der Waals surface area contributed by atoms with Gasteiger partial charge in [-0.15, -0.1) is 0 Å². The number of pyridine rings is 1. The van der Waals surface area contributed by atoms with Gasteiger partial charge in [-0.1, -0.05) is 28.1 Å². The molecule has 0 aliphatic heterocycles. The third kappa shape index (κ3) is 1.84. The monoisotopic (exact) mass is 327 g/mol. The maximum Gasteiger partial charge on any atom is 0.183 e. The molecule has 6 heteroatoms. The number of halogens is 1. The molecule has 0 atom stereocenters. The Morgan fingerprint density at radius 2 is 2.00 bits per heavy atom. The quantitative estimate of drug-likeness (QED) is 0.718. The number of aryl methyl sites for hydroxylation is 1. The predicted molar refractivity (Wildman–Crippen MR) is 80.9 cm³/mol. The van der Waals surface area contributed by atoms with E-state index in [4.69, 9.17) is 5.73 Å². The molecule has 98 valence electrons. The van der Waals surface area contributed by atoms with E-state index in [9.17, 15) is 5.26 Å². The number of anilines is 1. The fourth-order valence-corrected chi connectivity index (χ4v) is 2.50. The number of nitriles is 1. The second-order valence-corrected chi connectivity index (χ2v) is 5.33. The van der Waals surface area contributed by atoms with Crippen molar-refractivity contribution in [1.82, 2.24) is 15.2 Å². The van der Waals surface area contributed by atoms with E-state index in [1.54, 1.807) is 0 Å². The third-order valence-corrected chi connectivity index (χ3v) is 3.68. The number of nitrogens with zero attached hydrogens (tertiary/aromatic N) is 3. The van der Waals surface area contributed by atoms with Gasteiger partial charge in [0.2, 0.25) is 0 Å². The van der Waals surface area contributed by atoms with Crippen LogP contribution >= 0.6 is 15.9 Å². The topological polar surface area (TPSA) is 91.4 Å². The highest BCUT2D eigenvalue weighted by Crippen LogP contribution is 2.35. The number of H-pyrrole nitrogens is 1. The van der Waals surface area contributed by atoms with Crippen molar-refractivity contribution in [1.29, 1.82) is 5.26 Å². The van der Waals surface area contributed by atoms with Crippen LogP contribution in [0.3, 0.4) is 0 Å². The van der Waals surface area contributed by atoms with Crippen molar-refractivity contribution in [3.05, 3.63) is 40.0 Å². The van der Waals surface area contributed by atoms with Crippen LogP contribution in [-0.2, 0) is 0 Å². The Morgan fingerprint density at radius 3 is 2.65 bits per heavy atom. The summed E-state index contributed by atoms with van der Waals surface area (Å²) in [6.45, 7) is 1.90. The molecule has 0 spiro atoms. The lowest BCUT2D eigenvalue weighted by Gasteiger charge is -2.08. The smallest absolute Gasteiger partial charge is 0.183 e. The average molecular weight is 328 g/mol.